The molecule has 0 unspecified atom stereocenters. The monoisotopic (exact) mass is 391 g/mol. The lowest BCUT2D eigenvalue weighted by molar-refractivity contribution is 0.0992. The second kappa shape index (κ2) is 8.93. The number of anilines is 1. The summed E-state index contributed by atoms with van der Waals surface area (Å²) in [6, 6.07) is 22.4. The first kappa shape index (κ1) is 18.6. The van der Waals surface area contributed by atoms with E-state index in [0.717, 1.165) is 26.5 Å². The van der Waals surface area contributed by atoms with Gasteiger partial charge < -0.3 is 15.2 Å². The maximum atomic E-state index is 8.83. The minimum absolute atomic E-state index is 0.0286. The molecule has 0 amide bonds. The van der Waals surface area contributed by atoms with Gasteiger partial charge in [0.05, 0.1) is 25.2 Å². The highest BCUT2D eigenvalue weighted by Crippen LogP contribution is 2.36. The highest BCUT2D eigenvalue weighted by Gasteiger charge is 2.13. The van der Waals surface area contributed by atoms with Gasteiger partial charge in [0, 0.05) is 17.0 Å². The Morgan fingerprint density at radius 3 is 2.32 bits per heavy atom. The van der Waals surface area contributed by atoms with Gasteiger partial charge in [0.25, 0.3) is 0 Å². The van der Waals surface area contributed by atoms with E-state index in [4.69, 9.17) is 19.8 Å². The van der Waals surface area contributed by atoms with Crippen molar-refractivity contribution in [1.82, 2.24) is 9.97 Å². The van der Waals surface area contributed by atoms with Crippen molar-refractivity contribution in [3.8, 4) is 21.8 Å². The van der Waals surface area contributed by atoms with Crippen LogP contribution in [0.2, 0.25) is 0 Å². The molecule has 2 aromatic heterocycles. The lowest BCUT2D eigenvalue weighted by Gasteiger charge is -2.09. The number of ether oxygens (including phenoxy) is 1. The number of hydrogen-bond acceptors (Lipinski definition) is 6. The van der Waals surface area contributed by atoms with E-state index in [1.54, 1.807) is 11.3 Å². The van der Waals surface area contributed by atoms with E-state index in [1.807, 2.05) is 48.5 Å². The smallest absolute Gasteiger partial charge is 0.163 e. The zero-order valence-corrected chi connectivity index (χ0v) is 16.2. The molecule has 0 spiro atoms. The van der Waals surface area contributed by atoms with Crippen LogP contribution in [-0.2, 0) is 4.74 Å². The van der Waals surface area contributed by atoms with E-state index >= 15 is 0 Å². The number of benzene rings is 2. The Morgan fingerprint density at radius 2 is 1.61 bits per heavy atom. The Bertz CT molecular complexity index is 1040. The molecule has 142 valence electrons. The van der Waals surface area contributed by atoms with Crippen LogP contribution in [0.1, 0.15) is 0 Å². The van der Waals surface area contributed by atoms with E-state index in [9.17, 15) is 0 Å². The van der Waals surface area contributed by atoms with Gasteiger partial charge in [0.2, 0.25) is 0 Å². The highest BCUT2D eigenvalue weighted by atomic mass is 32.1. The minimum Gasteiger partial charge on any atom is -0.394 e. The van der Waals surface area contributed by atoms with Gasteiger partial charge in [-0.15, -0.1) is 11.3 Å². The van der Waals surface area contributed by atoms with Gasteiger partial charge in [0.15, 0.2) is 5.82 Å². The van der Waals surface area contributed by atoms with Gasteiger partial charge in [0.1, 0.15) is 10.6 Å². The number of nitrogens with one attached hydrogen (secondary N) is 1. The summed E-state index contributed by atoms with van der Waals surface area (Å²) in [4.78, 5) is 11.7. The molecule has 0 fully saturated rings. The predicted molar refractivity (Wildman–Crippen MR) is 115 cm³/mol. The molecule has 0 saturated carbocycles. The second-order valence-corrected chi connectivity index (χ2v) is 7.25. The van der Waals surface area contributed by atoms with Crippen LogP contribution in [0.15, 0.2) is 66.7 Å². The van der Waals surface area contributed by atoms with Crippen molar-refractivity contribution in [2.24, 2.45) is 0 Å². The number of hydrogen-bond donors (Lipinski definition) is 2. The quantitative estimate of drug-likeness (QED) is 0.435. The maximum Gasteiger partial charge on any atom is 0.163 e. The molecule has 0 aliphatic carbocycles. The summed E-state index contributed by atoms with van der Waals surface area (Å²) < 4.78 is 5.35. The summed E-state index contributed by atoms with van der Waals surface area (Å²) in [6.07, 6.45) is 0. The van der Waals surface area contributed by atoms with Crippen LogP contribution in [-0.4, -0.2) is 41.4 Å². The van der Waals surface area contributed by atoms with E-state index < -0.39 is 0 Å². The largest absolute Gasteiger partial charge is 0.394 e. The molecule has 2 aromatic carbocycles. The molecule has 0 bridgehead atoms. The van der Waals surface area contributed by atoms with Crippen LogP contribution in [0, 0.1) is 0 Å². The van der Waals surface area contributed by atoms with Crippen LogP contribution in [0.25, 0.3) is 32.0 Å². The van der Waals surface area contributed by atoms with Crippen LogP contribution in [0.3, 0.4) is 0 Å². The van der Waals surface area contributed by atoms with Crippen LogP contribution < -0.4 is 5.32 Å². The number of thiophene rings is 1. The Balaban J connectivity index is 1.71. The van der Waals surface area contributed by atoms with E-state index in [-0.39, 0.29) is 6.61 Å². The van der Waals surface area contributed by atoms with E-state index in [0.29, 0.717) is 25.6 Å². The van der Waals surface area contributed by atoms with Crippen LogP contribution >= 0.6 is 11.3 Å². The van der Waals surface area contributed by atoms with Crippen molar-refractivity contribution < 1.29 is 9.84 Å². The number of aromatic nitrogens is 2. The fourth-order valence-electron chi connectivity index (χ4n) is 2.93. The van der Waals surface area contributed by atoms with Crippen LogP contribution in [0.4, 0.5) is 5.82 Å². The first-order valence-corrected chi connectivity index (χ1v) is 10.0. The Kier molecular flexibility index (Phi) is 5.92. The summed E-state index contributed by atoms with van der Waals surface area (Å²) in [7, 11) is 0. The summed E-state index contributed by atoms with van der Waals surface area (Å²) in [5, 5.41) is 13.2. The van der Waals surface area contributed by atoms with Gasteiger partial charge in [-0.05, 0) is 11.6 Å². The normalized spacial score (nSPS) is 11.0. The molecular formula is C22H21N3O2S. The zero-order valence-electron chi connectivity index (χ0n) is 15.3. The number of aliphatic hydroxyl groups excluding tert-OH is 1. The molecule has 0 aliphatic heterocycles. The molecule has 0 radical (unpaired) electrons. The number of aliphatic hydroxyl groups is 1. The van der Waals surface area contributed by atoms with E-state index in [2.05, 4.69) is 23.5 Å². The third-order valence-corrected chi connectivity index (χ3v) is 5.34. The Labute approximate surface area is 167 Å². The average molecular weight is 391 g/mol. The standard InChI is InChI=1S/C22H21N3O2S/c26-12-14-27-13-11-23-21-18-15-19(16-7-3-1-4-8-16)28-22(18)25-20(24-21)17-9-5-2-6-10-17/h1-10,15,26H,11-14H2,(H,23,24,25). The molecule has 5 nitrogen and oxygen atoms in total. The van der Waals surface area contributed by atoms with Gasteiger partial charge in [-0.25, -0.2) is 9.97 Å². The van der Waals surface area contributed by atoms with Crippen molar-refractivity contribution in [3.63, 3.8) is 0 Å². The summed E-state index contributed by atoms with van der Waals surface area (Å²) in [5.74, 6) is 1.50. The number of fused-ring (bicyclic) bond motifs is 1. The van der Waals surface area contributed by atoms with Crippen molar-refractivity contribution in [2.45, 2.75) is 0 Å². The molecule has 6 heteroatoms. The fraction of sp³-hybridized carbons (Fsp3) is 0.182. The fourth-order valence-corrected chi connectivity index (χ4v) is 3.96. The Morgan fingerprint density at radius 1 is 0.893 bits per heavy atom. The SMILES string of the molecule is OCCOCCNc1nc(-c2ccccc2)nc2sc(-c3ccccc3)cc12. The minimum atomic E-state index is 0.0286. The van der Waals surface area contributed by atoms with Crippen molar-refractivity contribution in [1.29, 1.82) is 0 Å². The molecule has 0 atom stereocenters. The molecule has 2 N–H and O–H groups in total. The van der Waals surface area contributed by atoms with Gasteiger partial charge in [-0.1, -0.05) is 60.7 Å². The first-order chi connectivity index (χ1) is 13.8. The maximum absolute atomic E-state index is 8.83. The molecule has 28 heavy (non-hydrogen) atoms. The van der Waals surface area contributed by atoms with Gasteiger partial charge in [-0.2, -0.15) is 0 Å². The zero-order chi connectivity index (χ0) is 19.2. The van der Waals surface area contributed by atoms with Gasteiger partial charge in [-0.3, -0.25) is 0 Å². The summed E-state index contributed by atoms with van der Waals surface area (Å²) in [6.45, 7) is 1.48. The van der Waals surface area contributed by atoms with Crippen molar-refractivity contribution >= 4 is 27.4 Å². The molecule has 4 rings (SSSR count). The third kappa shape index (κ3) is 4.20. The molecule has 4 aromatic rings. The first-order valence-electron chi connectivity index (χ1n) is 9.20. The lowest BCUT2D eigenvalue weighted by Crippen LogP contribution is -2.12. The average Bonchev–Trinajstić information content (AvgIpc) is 3.19. The van der Waals surface area contributed by atoms with Crippen molar-refractivity contribution in [3.05, 3.63) is 66.7 Å². The molecule has 0 aliphatic rings. The summed E-state index contributed by atoms with van der Waals surface area (Å²) in [5.41, 5.74) is 2.16. The third-order valence-electron chi connectivity index (χ3n) is 4.26. The topological polar surface area (TPSA) is 67.3 Å². The van der Waals surface area contributed by atoms with Crippen LogP contribution in [0.5, 0.6) is 0 Å². The second-order valence-electron chi connectivity index (χ2n) is 6.22. The van der Waals surface area contributed by atoms with Gasteiger partial charge >= 0.3 is 0 Å². The molecular weight excluding hydrogens is 370 g/mol. The number of rotatable bonds is 8. The lowest BCUT2D eigenvalue weighted by atomic mass is 10.2. The predicted octanol–water partition coefficient (Wildman–Crippen LogP) is 4.45. The number of nitrogens with zero attached hydrogens (tertiary/aromatic N) is 2. The van der Waals surface area contributed by atoms with Crippen molar-refractivity contribution in [2.75, 3.05) is 31.7 Å². The summed E-state index contributed by atoms with van der Waals surface area (Å²) >= 11 is 1.67. The highest BCUT2D eigenvalue weighted by molar-refractivity contribution is 7.21. The molecule has 2 heterocycles. The van der Waals surface area contributed by atoms with E-state index in [1.165, 1.54) is 5.56 Å². The Hall–Kier alpha value is -2.80. The molecule has 0 saturated heterocycles.